The van der Waals surface area contributed by atoms with E-state index in [1.165, 1.54) is 4.90 Å². The van der Waals surface area contributed by atoms with Crippen LogP contribution in [0.4, 0.5) is 11.9 Å². The number of hydrogen-bond donors (Lipinski definition) is 3. The molecule has 1 saturated heterocycles. The van der Waals surface area contributed by atoms with Gasteiger partial charge in [0.05, 0.1) is 0 Å². The Kier molecular flexibility index (Phi) is 2.84. The number of nitrogens with two attached hydrogens (primary N) is 1. The van der Waals surface area contributed by atoms with Crippen molar-refractivity contribution >= 4 is 30.0 Å². The Morgan fingerprint density at radius 3 is 2.94 bits per heavy atom. The number of aromatic nitrogens is 3. The number of aromatic amines is 1. The molecule has 1 aliphatic heterocycles. The molecule has 0 spiro atoms. The number of aliphatic hydroxyl groups excluding tert-OH is 1. The molecule has 1 atom stereocenters. The lowest BCUT2D eigenvalue weighted by atomic mass is 10.1. The third kappa shape index (κ3) is 2.02. The van der Waals surface area contributed by atoms with Crippen LogP contribution in [0.1, 0.15) is 6.42 Å². The Morgan fingerprint density at radius 1 is 1.62 bits per heavy atom. The van der Waals surface area contributed by atoms with Gasteiger partial charge in [-0.25, -0.2) is 0 Å². The third-order valence-electron chi connectivity index (χ3n) is 2.38. The first-order valence-electron chi connectivity index (χ1n) is 4.75. The molecule has 7 nitrogen and oxygen atoms in total. The maximum absolute atomic E-state index is 11.6. The second-order valence-electron chi connectivity index (χ2n) is 3.60. The van der Waals surface area contributed by atoms with Gasteiger partial charge in [0.15, 0.2) is 0 Å². The van der Waals surface area contributed by atoms with E-state index in [4.69, 9.17) is 23.1 Å². The van der Waals surface area contributed by atoms with Crippen LogP contribution < -0.4 is 10.6 Å². The van der Waals surface area contributed by atoms with Gasteiger partial charge in [-0.15, -0.1) is 0 Å². The summed E-state index contributed by atoms with van der Waals surface area (Å²) in [5.41, 5.74) is 5.48. The van der Waals surface area contributed by atoms with Gasteiger partial charge >= 0.3 is 0 Å². The fourth-order valence-corrected chi connectivity index (χ4v) is 1.81. The van der Waals surface area contributed by atoms with Gasteiger partial charge in [-0.05, 0) is 12.2 Å². The smallest absolute Gasteiger partial charge is 0.229 e. The van der Waals surface area contributed by atoms with Gasteiger partial charge in [-0.3, -0.25) is 14.7 Å². The molecule has 1 fully saturated rings. The van der Waals surface area contributed by atoms with E-state index >= 15 is 0 Å². The Balaban J connectivity index is 2.31. The monoisotopic (exact) mass is 241 g/mol. The molecule has 1 amide bonds. The molecule has 16 heavy (non-hydrogen) atoms. The number of carbonyl (C=O) groups excluding carboxylic acids is 1. The fraction of sp³-hybridized carbons (Fsp3) is 0.500. The van der Waals surface area contributed by atoms with E-state index in [2.05, 4.69) is 15.0 Å². The van der Waals surface area contributed by atoms with E-state index in [9.17, 15) is 4.79 Å². The lowest BCUT2D eigenvalue weighted by Gasteiger charge is -2.14. The van der Waals surface area contributed by atoms with Gasteiger partial charge in [-0.2, -0.15) is 9.97 Å². The van der Waals surface area contributed by atoms with Crippen molar-refractivity contribution in [2.45, 2.75) is 6.42 Å². The summed E-state index contributed by atoms with van der Waals surface area (Å²) >= 11 is 4.81. The van der Waals surface area contributed by atoms with Crippen LogP contribution in [-0.4, -0.2) is 39.1 Å². The predicted molar refractivity (Wildman–Crippen MR) is 59.2 cm³/mol. The lowest BCUT2D eigenvalue weighted by Crippen LogP contribution is -2.27. The largest absolute Gasteiger partial charge is 0.396 e. The number of aliphatic hydroxyl groups is 1. The molecule has 86 valence electrons. The van der Waals surface area contributed by atoms with Crippen LogP contribution in [0.5, 0.6) is 0 Å². The second-order valence-corrected chi connectivity index (χ2v) is 3.96. The molecule has 1 aromatic heterocycles. The highest BCUT2D eigenvalue weighted by molar-refractivity contribution is 7.71. The van der Waals surface area contributed by atoms with Crippen LogP contribution >= 0.6 is 12.2 Å². The quantitative estimate of drug-likeness (QED) is 0.600. The Morgan fingerprint density at radius 2 is 2.38 bits per heavy atom. The summed E-state index contributed by atoms with van der Waals surface area (Å²) in [6, 6.07) is 0. The average molecular weight is 241 g/mol. The molecule has 8 heteroatoms. The lowest BCUT2D eigenvalue weighted by molar-refractivity contribution is -0.117. The predicted octanol–water partition coefficient (Wildman–Crippen LogP) is -0.538. The first-order valence-corrected chi connectivity index (χ1v) is 5.16. The molecule has 0 saturated carbocycles. The van der Waals surface area contributed by atoms with Crippen LogP contribution in [-0.2, 0) is 4.79 Å². The van der Waals surface area contributed by atoms with E-state index in [0.717, 1.165) is 0 Å². The van der Waals surface area contributed by atoms with E-state index in [0.29, 0.717) is 18.9 Å². The molecule has 0 aromatic carbocycles. The van der Waals surface area contributed by atoms with Crippen LogP contribution in [0.2, 0.25) is 0 Å². The summed E-state index contributed by atoms with van der Waals surface area (Å²) in [5, 5.41) is 8.99. The van der Waals surface area contributed by atoms with Gasteiger partial charge in [0.25, 0.3) is 0 Å². The minimum atomic E-state index is -0.109. The van der Waals surface area contributed by atoms with Crippen LogP contribution in [0.15, 0.2) is 0 Å². The normalized spacial score (nSPS) is 20.4. The maximum atomic E-state index is 11.6. The van der Waals surface area contributed by atoms with Crippen molar-refractivity contribution in [3.05, 3.63) is 4.77 Å². The number of H-pyrrole nitrogens is 1. The molecule has 0 radical (unpaired) electrons. The zero-order valence-corrected chi connectivity index (χ0v) is 9.20. The van der Waals surface area contributed by atoms with Crippen LogP contribution in [0, 0.1) is 10.7 Å². The van der Waals surface area contributed by atoms with Gasteiger partial charge < -0.3 is 10.8 Å². The molecular weight excluding hydrogens is 230 g/mol. The number of carbonyl (C=O) groups is 1. The molecule has 4 N–H and O–H groups in total. The summed E-state index contributed by atoms with van der Waals surface area (Å²) < 4.78 is 0.0894. The molecule has 2 rings (SSSR count). The topological polar surface area (TPSA) is 108 Å². The van der Waals surface area contributed by atoms with Gasteiger partial charge in [0.2, 0.25) is 22.6 Å². The number of nitrogens with one attached hydrogen (secondary N) is 1. The molecule has 0 aliphatic carbocycles. The zero-order valence-electron chi connectivity index (χ0n) is 8.38. The maximum Gasteiger partial charge on any atom is 0.229 e. The number of anilines is 2. The van der Waals surface area contributed by atoms with Gasteiger partial charge in [0, 0.05) is 25.5 Å². The molecular formula is C8H11N5O2S. The van der Waals surface area contributed by atoms with Crippen molar-refractivity contribution < 1.29 is 9.90 Å². The van der Waals surface area contributed by atoms with Gasteiger partial charge in [0.1, 0.15) is 0 Å². The van der Waals surface area contributed by atoms with Crippen LogP contribution in [0.3, 0.4) is 0 Å². The molecule has 0 bridgehead atoms. The first-order chi connectivity index (χ1) is 7.60. The van der Waals surface area contributed by atoms with Crippen LogP contribution in [0.25, 0.3) is 0 Å². The number of nitrogens with zero attached hydrogens (tertiary/aromatic N) is 3. The van der Waals surface area contributed by atoms with E-state index in [-0.39, 0.29) is 29.2 Å². The van der Waals surface area contributed by atoms with Crippen molar-refractivity contribution in [2.75, 3.05) is 23.8 Å². The Hall–Kier alpha value is -1.54. The zero-order chi connectivity index (χ0) is 11.7. The van der Waals surface area contributed by atoms with E-state index in [1.807, 2.05) is 0 Å². The molecule has 2 heterocycles. The molecule has 1 aliphatic rings. The fourth-order valence-electron chi connectivity index (χ4n) is 1.63. The van der Waals surface area contributed by atoms with E-state index < -0.39 is 0 Å². The van der Waals surface area contributed by atoms with Crippen molar-refractivity contribution in [3.63, 3.8) is 0 Å². The van der Waals surface area contributed by atoms with Gasteiger partial charge in [-0.1, -0.05) is 0 Å². The number of rotatable bonds is 2. The molecule has 1 aromatic rings. The summed E-state index contributed by atoms with van der Waals surface area (Å²) in [5.74, 6) is 0.238. The first kappa shape index (κ1) is 11.0. The number of nitrogen functional groups attached to an aromatic ring is 1. The van der Waals surface area contributed by atoms with Crippen molar-refractivity contribution in [2.24, 2.45) is 5.92 Å². The third-order valence-corrected chi connectivity index (χ3v) is 2.56. The second kappa shape index (κ2) is 4.14. The van der Waals surface area contributed by atoms with E-state index in [1.54, 1.807) is 0 Å². The average Bonchev–Trinajstić information content (AvgIpc) is 2.58. The minimum Gasteiger partial charge on any atom is -0.396 e. The summed E-state index contributed by atoms with van der Waals surface area (Å²) in [4.78, 5) is 23.4. The highest BCUT2D eigenvalue weighted by atomic mass is 32.1. The summed E-state index contributed by atoms with van der Waals surface area (Å²) in [6.45, 7) is 0.389. The summed E-state index contributed by atoms with van der Waals surface area (Å²) in [7, 11) is 0. The SMILES string of the molecule is Nc1nc(=S)nc(N2CC(CO)CC2=O)[nH]1. The van der Waals surface area contributed by atoms with Crippen molar-refractivity contribution in [1.29, 1.82) is 0 Å². The minimum absolute atomic E-state index is 0.0243. The Labute approximate surface area is 96.3 Å². The molecule has 1 unspecified atom stereocenters. The van der Waals surface area contributed by atoms with Crippen molar-refractivity contribution in [1.82, 2.24) is 15.0 Å². The summed E-state index contributed by atoms with van der Waals surface area (Å²) in [6.07, 6.45) is 0.307. The standard InChI is InChI=1S/C8H11N5O2S/c9-6-10-7(12-8(16)11-6)13-2-4(3-14)1-5(13)15/h4,14H,1-3H2,(H3,9,10,11,12,16). The highest BCUT2D eigenvalue weighted by Crippen LogP contribution is 2.21. The number of amides is 1. The van der Waals surface area contributed by atoms with Crippen molar-refractivity contribution in [3.8, 4) is 0 Å². The highest BCUT2D eigenvalue weighted by Gasteiger charge is 2.31. The Bertz CT molecular complexity index is 474. The number of hydrogen-bond acceptors (Lipinski definition) is 6.